The van der Waals surface area contributed by atoms with E-state index in [4.69, 9.17) is 10.4 Å². The molecule has 0 amide bonds. The number of hydrogen-bond donors (Lipinski definition) is 3. The van der Waals surface area contributed by atoms with E-state index in [0.717, 1.165) is 28.2 Å². The zero-order valence-corrected chi connectivity index (χ0v) is 17.2. The third-order valence-electron chi connectivity index (χ3n) is 4.18. The summed E-state index contributed by atoms with van der Waals surface area (Å²) in [6.45, 7) is 8.71. The highest BCUT2D eigenvalue weighted by Gasteiger charge is 2.17. The van der Waals surface area contributed by atoms with Crippen molar-refractivity contribution in [2.24, 2.45) is 7.05 Å². The lowest BCUT2D eigenvalue weighted by atomic mass is 10.1. The number of hydrogen-bond acceptors (Lipinski definition) is 6. The maximum Gasteiger partial charge on any atom is 0.109 e. The molecule has 3 rings (SSSR count). The minimum atomic E-state index is 0.234. The van der Waals surface area contributed by atoms with Crippen LogP contribution >= 0.6 is 11.3 Å². The Balaban J connectivity index is 2.06. The number of rotatable bonds is 7. The van der Waals surface area contributed by atoms with Crippen LogP contribution in [0.15, 0.2) is 29.9 Å². The average molecular weight is 383 g/mol. The number of aromatic nitrogens is 3. The predicted molar refractivity (Wildman–Crippen MR) is 114 cm³/mol. The molecule has 3 N–H and O–H groups in total. The molecule has 0 radical (unpaired) electrons. The van der Waals surface area contributed by atoms with Crippen LogP contribution in [0.3, 0.4) is 0 Å². The van der Waals surface area contributed by atoms with Gasteiger partial charge in [0.2, 0.25) is 0 Å². The van der Waals surface area contributed by atoms with E-state index < -0.39 is 0 Å². The van der Waals surface area contributed by atoms with Crippen LogP contribution < -0.4 is 10.6 Å². The maximum atomic E-state index is 8.25. The number of aryl methyl sites for hydroxylation is 2. The van der Waals surface area contributed by atoms with Gasteiger partial charge in [0.05, 0.1) is 29.0 Å². The van der Waals surface area contributed by atoms with Crippen LogP contribution in [-0.2, 0) is 13.6 Å². The first-order valence-electron chi connectivity index (χ1n) is 8.98. The van der Waals surface area contributed by atoms with Crippen LogP contribution in [0, 0.1) is 12.3 Å². The molecule has 142 valence electrons. The van der Waals surface area contributed by atoms with Crippen molar-refractivity contribution < 1.29 is 0 Å². The molecule has 0 saturated carbocycles. The average Bonchev–Trinajstić information content (AvgIpc) is 3.21. The first-order valence-corrected chi connectivity index (χ1v) is 9.86. The van der Waals surface area contributed by atoms with Gasteiger partial charge < -0.3 is 16.0 Å². The summed E-state index contributed by atoms with van der Waals surface area (Å²) < 4.78 is 1.80. The van der Waals surface area contributed by atoms with Crippen LogP contribution in [0.4, 0.5) is 11.4 Å². The van der Waals surface area contributed by atoms with Crippen LogP contribution in [-0.4, -0.2) is 26.5 Å². The monoisotopic (exact) mass is 382 g/mol. The van der Waals surface area contributed by atoms with Gasteiger partial charge in [-0.1, -0.05) is 0 Å². The van der Waals surface area contributed by atoms with E-state index in [9.17, 15) is 0 Å². The molecule has 3 aromatic rings. The van der Waals surface area contributed by atoms with Crippen LogP contribution in [0.1, 0.15) is 36.9 Å². The van der Waals surface area contributed by atoms with E-state index in [1.54, 1.807) is 22.9 Å². The maximum absolute atomic E-state index is 8.25. The lowest BCUT2D eigenvalue weighted by Gasteiger charge is -2.20. The van der Waals surface area contributed by atoms with Crippen molar-refractivity contribution >= 4 is 28.4 Å². The van der Waals surface area contributed by atoms with Crippen molar-refractivity contribution in [3.63, 3.8) is 0 Å². The minimum absolute atomic E-state index is 0.234. The molecule has 0 aliphatic carbocycles. The van der Waals surface area contributed by atoms with Gasteiger partial charge in [-0.15, -0.1) is 11.3 Å². The largest absolute Gasteiger partial charge is 0.379 e. The number of nitrogens with one attached hydrogen (secondary N) is 3. The van der Waals surface area contributed by atoms with Crippen molar-refractivity contribution in [3.8, 4) is 11.3 Å². The molecule has 0 bridgehead atoms. The topological polar surface area (TPSA) is 78.6 Å². The standard InChI is InChI=1S/C20H26N6S/c1-12(2)24-20-18(22-9-15-10-23-26(5)11-15)8-17(25-19(20)13(3)21)16-6-7-27-14(16)4/h6-8,10-12,21,24H,9H2,1-5H3,(H,22,25). The molecule has 0 aromatic carbocycles. The van der Waals surface area contributed by atoms with Gasteiger partial charge in [0, 0.05) is 41.8 Å². The number of anilines is 2. The SMILES string of the molecule is CC(=N)c1nc(-c2ccsc2C)cc(NCc2cnn(C)c2)c1NC(C)C. The Labute approximate surface area is 164 Å². The quantitative estimate of drug-likeness (QED) is 0.519. The zero-order valence-electron chi connectivity index (χ0n) is 16.4. The summed E-state index contributed by atoms with van der Waals surface area (Å²) in [6.07, 6.45) is 3.85. The van der Waals surface area contributed by atoms with Gasteiger partial charge in [-0.05, 0) is 45.2 Å². The second-order valence-electron chi connectivity index (χ2n) is 6.97. The Morgan fingerprint density at radius 3 is 2.70 bits per heavy atom. The number of pyridine rings is 1. The Bertz CT molecular complexity index is 953. The first kappa shape index (κ1) is 19.1. The summed E-state index contributed by atoms with van der Waals surface area (Å²) >= 11 is 1.71. The van der Waals surface area contributed by atoms with Gasteiger partial charge in [-0.3, -0.25) is 4.68 Å². The Hall–Kier alpha value is -2.67. The molecule has 0 aliphatic rings. The van der Waals surface area contributed by atoms with Crippen LogP contribution in [0.2, 0.25) is 0 Å². The fourth-order valence-electron chi connectivity index (χ4n) is 2.94. The van der Waals surface area contributed by atoms with Crippen molar-refractivity contribution in [1.82, 2.24) is 14.8 Å². The normalized spacial score (nSPS) is 11.0. The van der Waals surface area contributed by atoms with Gasteiger partial charge in [-0.2, -0.15) is 5.10 Å². The summed E-state index contributed by atoms with van der Waals surface area (Å²) in [5.74, 6) is 0. The molecule has 0 atom stereocenters. The van der Waals surface area contributed by atoms with Gasteiger partial charge in [0.25, 0.3) is 0 Å². The second kappa shape index (κ2) is 7.92. The van der Waals surface area contributed by atoms with E-state index in [2.05, 4.69) is 54.0 Å². The molecular weight excluding hydrogens is 356 g/mol. The highest BCUT2D eigenvalue weighted by Crippen LogP contribution is 2.34. The molecule has 0 fully saturated rings. The van der Waals surface area contributed by atoms with Crippen molar-refractivity contribution in [2.45, 2.75) is 40.3 Å². The van der Waals surface area contributed by atoms with Gasteiger partial charge in [-0.25, -0.2) is 4.98 Å². The highest BCUT2D eigenvalue weighted by atomic mass is 32.1. The summed E-state index contributed by atoms with van der Waals surface area (Å²) in [4.78, 5) is 6.03. The fourth-order valence-corrected chi connectivity index (χ4v) is 3.65. The summed E-state index contributed by atoms with van der Waals surface area (Å²) in [7, 11) is 1.91. The molecule has 0 saturated heterocycles. The molecule has 0 aliphatic heterocycles. The summed E-state index contributed by atoms with van der Waals surface area (Å²) in [5, 5.41) is 21.5. The van der Waals surface area contributed by atoms with Crippen molar-refractivity contribution in [1.29, 1.82) is 5.41 Å². The Kier molecular flexibility index (Phi) is 5.60. The van der Waals surface area contributed by atoms with Gasteiger partial charge in [0.15, 0.2) is 0 Å². The predicted octanol–water partition coefficient (Wildman–Crippen LogP) is 4.67. The smallest absolute Gasteiger partial charge is 0.109 e. The van der Waals surface area contributed by atoms with E-state index in [1.165, 1.54) is 4.88 Å². The van der Waals surface area contributed by atoms with E-state index in [0.29, 0.717) is 18.0 Å². The Morgan fingerprint density at radius 1 is 1.37 bits per heavy atom. The van der Waals surface area contributed by atoms with Crippen LogP contribution in [0.5, 0.6) is 0 Å². The van der Waals surface area contributed by atoms with E-state index in [1.807, 2.05) is 19.4 Å². The third-order valence-corrected chi connectivity index (χ3v) is 5.03. The fraction of sp³-hybridized carbons (Fsp3) is 0.350. The molecule has 0 spiro atoms. The molecule has 27 heavy (non-hydrogen) atoms. The number of nitrogens with zero attached hydrogens (tertiary/aromatic N) is 3. The van der Waals surface area contributed by atoms with Crippen LogP contribution in [0.25, 0.3) is 11.3 Å². The molecule has 6 nitrogen and oxygen atoms in total. The number of thiophene rings is 1. The lowest BCUT2D eigenvalue weighted by molar-refractivity contribution is 0.767. The Morgan fingerprint density at radius 2 is 2.15 bits per heavy atom. The third kappa shape index (κ3) is 4.36. The van der Waals surface area contributed by atoms with Gasteiger partial charge >= 0.3 is 0 Å². The zero-order chi connectivity index (χ0) is 19.6. The molecular formula is C20H26N6S. The van der Waals surface area contributed by atoms with Gasteiger partial charge in [0.1, 0.15) is 5.69 Å². The van der Waals surface area contributed by atoms with Crippen molar-refractivity contribution in [2.75, 3.05) is 10.6 Å². The second-order valence-corrected chi connectivity index (χ2v) is 8.09. The summed E-state index contributed by atoms with van der Waals surface area (Å²) in [6, 6.07) is 4.39. The molecule has 0 unspecified atom stereocenters. The first-order chi connectivity index (χ1) is 12.8. The summed E-state index contributed by atoms with van der Waals surface area (Å²) in [5.41, 5.74) is 6.05. The molecule has 3 aromatic heterocycles. The van der Waals surface area contributed by atoms with Crippen molar-refractivity contribution in [3.05, 3.63) is 46.0 Å². The highest BCUT2D eigenvalue weighted by molar-refractivity contribution is 7.10. The lowest BCUT2D eigenvalue weighted by Crippen LogP contribution is -2.17. The van der Waals surface area contributed by atoms with E-state index in [-0.39, 0.29) is 6.04 Å². The molecule has 7 heteroatoms. The molecule has 3 heterocycles. The van der Waals surface area contributed by atoms with E-state index >= 15 is 0 Å². The minimum Gasteiger partial charge on any atom is -0.379 e.